The van der Waals surface area contributed by atoms with Crippen LogP contribution in [-0.4, -0.2) is 30.6 Å². The first-order valence-corrected chi connectivity index (χ1v) is 2.95. The van der Waals surface area contributed by atoms with E-state index >= 15 is 0 Å². The summed E-state index contributed by atoms with van der Waals surface area (Å²) in [6, 6.07) is 0. The Kier molecular flexibility index (Phi) is 3.72. The van der Waals surface area contributed by atoms with Gasteiger partial charge in [-0.1, -0.05) is 0 Å². The van der Waals surface area contributed by atoms with Gasteiger partial charge in [0.15, 0.2) is 5.79 Å². The minimum atomic E-state index is -1.31. The van der Waals surface area contributed by atoms with Gasteiger partial charge in [-0.15, -0.1) is 0 Å². The molecule has 0 aromatic carbocycles. The van der Waals surface area contributed by atoms with Gasteiger partial charge in [-0.25, -0.2) is 0 Å². The fraction of sp³-hybridized carbons (Fsp3) is 1.00. The van der Waals surface area contributed by atoms with Crippen LogP contribution < -0.4 is 11.5 Å². The molecule has 4 heteroatoms. The Balaban J connectivity index is 3.62. The lowest BCUT2D eigenvalue weighted by Gasteiger charge is -2.23. The Hall–Kier alpha value is -0.160. The molecule has 0 radical (unpaired) electrons. The molecule has 0 saturated carbocycles. The van der Waals surface area contributed by atoms with E-state index in [4.69, 9.17) is 21.3 Å². The summed E-state index contributed by atoms with van der Waals surface area (Å²) in [5.74, 6) is -1.31. The normalized spacial score (nSPS) is 12.0. The molecule has 0 bridgehead atoms. The maximum Gasteiger partial charge on any atom is 0.190 e. The first kappa shape index (κ1) is 8.84. The Morgan fingerprint density at radius 3 is 2.00 bits per heavy atom. The number of hydrogen-bond acceptors (Lipinski definition) is 4. The van der Waals surface area contributed by atoms with E-state index in [2.05, 4.69) is 0 Å². The highest BCUT2D eigenvalue weighted by molar-refractivity contribution is 4.67. The summed E-state index contributed by atoms with van der Waals surface area (Å²) in [5, 5.41) is 9.16. The van der Waals surface area contributed by atoms with Crippen LogP contribution in [-0.2, 0) is 4.74 Å². The highest BCUT2D eigenvalue weighted by Gasteiger charge is 2.22. The van der Waals surface area contributed by atoms with Gasteiger partial charge in [-0.05, 0) is 6.92 Å². The molecule has 0 heterocycles. The van der Waals surface area contributed by atoms with E-state index in [1.165, 1.54) is 0 Å². The van der Waals surface area contributed by atoms with E-state index in [-0.39, 0.29) is 13.1 Å². The van der Waals surface area contributed by atoms with E-state index in [0.717, 1.165) is 0 Å². The summed E-state index contributed by atoms with van der Waals surface area (Å²) < 4.78 is 4.83. The summed E-state index contributed by atoms with van der Waals surface area (Å²) >= 11 is 0. The number of rotatable bonds is 4. The van der Waals surface area contributed by atoms with Gasteiger partial charge in [-0.2, -0.15) is 0 Å². The molecule has 56 valence electrons. The quantitative estimate of drug-likeness (QED) is 0.414. The third kappa shape index (κ3) is 2.76. The van der Waals surface area contributed by atoms with Gasteiger partial charge in [0.2, 0.25) is 0 Å². The van der Waals surface area contributed by atoms with Crippen molar-refractivity contribution in [2.45, 2.75) is 12.7 Å². The van der Waals surface area contributed by atoms with E-state index in [1.54, 1.807) is 6.92 Å². The molecule has 0 aliphatic heterocycles. The molecule has 4 nitrogen and oxygen atoms in total. The van der Waals surface area contributed by atoms with Gasteiger partial charge in [0.25, 0.3) is 0 Å². The zero-order valence-electron chi connectivity index (χ0n) is 5.63. The van der Waals surface area contributed by atoms with Crippen molar-refractivity contribution < 1.29 is 9.84 Å². The maximum absolute atomic E-state index is 9.16. The van der Waals surface area contributed by atoms with Crippen molar-refractivity contribution in [3.05, 3.63) is 0 Å². The molecule has 0 aliphatic carbocycles. The number of aliphatic hydroxyl groups is 1. The predicted octanol–water partition coefficient (Wildman–Crippen LogP) is -1.37. The van der Waals surface area contributed by atoms with Crippen molar-refractivity contribution >= 4 is 0 Å². The van der Waals surface area contributed by atoms with Crippen molar-refractivity contribution in [3.8, 4) is 0 Å². The van der Waals surface area contributed by atoms with Crippen LogP contribution in [0.3, 0.4) is 0 Å². The molecule has 0 aliphatic rings. The summed E-state index contributed by atoms with van der Waals surface area (Å²) in [5.41, 5.74) is 10.3. The number of hydrogen-bond donors (Lipinski definition) is 3. The highest BCUT2D eigenvalue weighted by Crippen LogP contribution is 2.00. The molecule has 0 rings (SSSR count). The van der Waals surface area contributed by atoms with Crippen molar-refractivity contribution in [2.24, 2.45) is 11.5 Å². The van der Waals surface area contributed by atoms with E-state index < -0.39 is 5.79 Å². The molecule has 0 aromatic heterocycles. The molecule has 9 heavy (non-hydrogen) atoms. The first-order chi connectivity index (χ1) is 4.18. The fourth-order valence-electron chi connectivity index (χ4n) is 0.470. The summed E-state index contributed by atoms with van der Waals surface area (Å²) in [4.78, 5) is 0. The van der Waals surface area contributed by atoms with Crippen LogP contribution in [0.1, 0.15) is 6.92 Å². The molecule has 0 fully saturated rings. The second-order valence-electron chi connectivity index (χ2n) is 1.79. The SMILES string of the molecule is CCOC(O)(CN)CN. The Morgan fingerprint density at radius 1 is 1.44 bits per heavy atom. The standard InChI is InChI=1S/C5H14N2O2/c1-2-9-5(8,3-6)4-7/h8H,2-4,6-7H2,1H3. The highest BCUT2D eigenvalue weighted by atomic mass is 16.6. The Labute approximate surface area is 54.8 Å². The van der Waals surface area contributed by atoms with Gasteiger partial charge in [0, 0.05) is 19.7 Å². The zero-order chi connectivity index (χ0) is 7.33. The summed E-state index contributed by atoms with van der Waals surface area (Å²) in [7, 11) is 0. The van der Waals surface area contributed by atoms with Crippen LogP contribution in [0, 0.1) is 0 Å². The van der Waals surface area contributed by atoms with Crippen molar-refractivity contribution in [1.29, 1.82) is 0 Å². The average molecular weight is 134 g/mol. The molecule has 0 aromatic rings. The maximum atomic E-state index is 9.16. The predicted molar refractivity (Wildman–Crippen MR) is 34.7 cm³/mol. The van der Waals surface area contributed by atoms with E-state index in [0.29, 0.717) is 6.61 Å². The van der Waals surface area contributed by atoms with Crippen LogP contribution in [0.15, 0.2) is 0 Å². The molecular weight excluding hydrogens is 120 g/mol. The molecule has 0 saturated heterocycles. The lowest BCUT2D eigenvalue weighted by molar-refractivity contribution is -0.184. The fourth-order valence-corrected chi connectivity index (χ4v) is 0.470. The van der Waals surface area contributed by atoms with Crippen LogP contribution in [0.5, 0.6) is 0 Å². The second kappa shape index (κ2) is 3.79. The number of ether oxygens (including phenoxy) is 1. The molecule has 0 unspecified atom stereocenters. The monoisotopic (exact) mass is 134 g/mol. The molecule has 0 amide bonds. The van der Waals surface area contributed by atoms with Gasteiger partial charge < -0.3 is 21.3 Å². The Bertz CT molecular complexity index is 73.4. The molecule has 0 atom stereocenters. The lowest BCUT2D eigenvalue weighted by Crippen LogP contribution is -2.47. The third-order valence-electron chi connectivity index (χ3n) is 1.05. The molecular formula is C5H14N2O2. The smallest absolute Gasteiger partial charge is 0.190 e. The van der Waals surface area contributed by atoms with Crippen molar-refractivity contribution in [2.75, 3.05) is 19.7 Å². The van der Waals surface area contributed by atoms with E-state index in [1.807, 2.05) is 0 Å². The van der Waals surface area contributed by atoms with Gasteiger partial charge in [-0.3, -0.25) is 0 Å². The van der Waals surface area contributed by atoms with Crippen LogP contribution in [0.2, 0.25) is 0 Å². The topological polar surface area (TPSA) is 81.5 Å². The third-order valence-corrected chi connectivity index (χ3v) is 1.05. The van der Waals surface area contributed by atoms with Crippen molar-refractivity contribution in [3.63, 3.8) is 0 Å². The average Bonchev–Trinajstić information content (AvgIpc) is 1.89. The van der Waals surface area contributed by atoms with E-state index in [9.17, 15) is 0 Å². The van der Waals surface area contributed by atoms with Crippen LogP contribution in [0.4, 0.5) is 0 Å². The van der Waals surface area contributed by atoms with Gasteiger partial charge >= 0.3 is 0 Å². The minimum Gasteiger partial charge on any atom is -0.363 e. The first-order valence-electron chi connectivity index (χ1n) is 2.95. The lowest BCUT2D eigenvalue weighted by atomic mass is 10.3. The van der Waals surface area contributed by atoms with Gasteiger partial charge in [0.05, 0.1) is 0 Å². The second-order valence-corrected chi connectivity index (χ2v) is 1.79. The molecule has 5 N–H and O–H groups in total. The Morgan fingerprint density at radius 2 is 1.89 bits per heavy atom. The molecule has 0 spiro atoms. The number of nitrogens with two attached hydrogens (primary N) is 2. The summed E-state index contributed by atoms with van der Waals surface area (Å²) in [6.07, 6.45) is 0. The zero-order valence-corrected chi connectivity index (χ0v) is 5.63. The van der Waals surface area contributed by atoms with Crippen molar-refractivity contribution in [1.82, 2.24) is 0 Å². The summed E-state index contributed by atoms with van der Waals surface area (Å²) in [6.45, 7) is 2.27. The van der Waals surface area contributed by atoms with Gasteiger partial charge in [0.1, 0.15) is 0 Å². The van der Waals surface area contributed by atoms with Crippen LogP contribution in [0.25, 0.3) is 0 Å². The van der Waals surface area contributed by atoms with Crippen LogP contribution >= 0.6 is 0 Å². The minimum absolute atomic E-state index is 0.0390. The largest absolute Gasteiger partial charge is 0.363 e.